The van der Waals surface area contributed by atoms with Crippen molar-refractivity contribution in [3.8, 4) is 34.4 Å². The summed E-state index contributed by atoms with van der Waals surface area (Å²) in [6.45, 7) is -0.0191. The van der Waals surface area contributed by atoms with E-state index < -0.39 is 0 Å². The lowest BCUT2D eigenvalue weighted by atomic mass is 9.33. The van der Waals surface area contributed by atoms with Crippen LogP contribution in [0.15, 0.2) is 170 Å². The summed E-state index contributed by atoms with van der Waals surface area (Å²) in [5.74, 6) is 3.41. The number of para-hydroxylation sites is 4. The van der Waals surface area contributed by atoms with E-state index >= 15 is 0 Å². The van der Waals surface area contributed by atoms with Crippen LogP contribution in [-0.2, 0) is 0 Å². The molecule has 0 unspecified atom stereocenters. The van der Waals surface area contributed by atoms with Gasteiger partial charge in [0, 0.05) is 61.9 Å². The molecule has 8 aromatic carbocycles. The average Bonchev–Trinajstić information content (AvgIpc) is 3.75. The third kappa shape index (κ3) is 3.55. The second kappa shape index (κ2) is 10.2. The fraction of sp³-hybridized carbons (Fsp3) is 0. The molecule has 54 heavy (non-hydrogen) atoms. The zero-order valence-corrected chi connectivity index (χ0v) is 28.9. The number of rotatable bonds is 3. The van der Waals surface area contributed by atoms with Crippen LogP contribution in [0.2, 0.25) is 0 Å². The maximum Gasteiger partial charge on any atom is 0.266 e. The molecular formula is C48H28BN3O2. The number of benzene rings is 8. The van der Waals surface area contributed by atoms with Gasteiger partial charge in [0.1, 0.15) is 23.0 Å². The third-order valence-electron chi connectivity index (χ3n) is 11.7. The number of ether oxygens (including phenoxy) is 2. The standard InChI is InChI=1S/C48H28BN3O2/c1-3-13-29(14-4-1)50-38-21-11-23-40-44(38)49-45-39(50)22-12-24-41(45)54-43-28-31(27-42(53-40)46(43)49)52-37-20-10-8-18-33(37)35-26-25-34-32-17-7-9-19-36(32)51(47(34)48(35)52)30-15-5-2-6-16-30/h1-28H. The van der Waals surface area contributed by atoms with Gasteiger partial charge in [-0.25, -0.2) is 0 Å². The van der Waals surface area contributed by atoms with E-state index in [0.717, 1.165) is 67.9 Å². The average molecular weight is 690 g/mol. The Morgan fingerprint density at radius 1 is 0.352 bits per heavy atom. The number of nitrogens with zero attached hydrogens (tertiary/aromatic N) is 3. The van der Waals surface area contributed by atoms with Gasteiger partial charge in [0.15, 0.2) is 0 Å². The monoisotopic (exact) mass is 689 g/mol. The molecule has 6 heteroatoms. The van der Waals surface area contributed by atoms with Crippen LogP contribution in [0.5, 0.6) is 23.0 Å². The van der Waals surface area contributed by atoms with Gasteiger partial charge in [0.25, 0.3) is 6.71 Å². The summed E-state index contributed by atoms with van der Waals surface area (Å²) >= 11 is 0. The van der Waals surface area contributed by atoms with Crippen LogP contribution < -0.4 is 30.8 Å². The highest BCUT2D eigenvalue weighted by atomic mass is 16.5. The third-order valence-corrected chi connectivity index (χ3v) is 11.7. The van der Waals surface area contributed by atoms with Crippen molar-refractivity contribution in [2.75, 3.05) is 4.90 Å². The molecule has 0 saturated carbocycles. The number of anilines is 3. The molecule has 3 aliphatic heterocycles. The van der Waals surface area contributed by atoms with Crippen LogP contribution >= 0.6 is 0 Å². The minimum atomic E-state index is -0.0191. The quantitative estimate of drug-likeness (QED) is 0.173. The molecule has 3 aliphatic rings. The second-order valence-electron chi connectivity index (χ2n) is 14.4. The highest BCUT2D eigenvalue weighted by molar-refractivity contribution is 7.00. The topological polar surface area (TPSA) is 31.6 Å². The van der Waals surface area contributed by atoms with E-state index in [4.69, 9.17) is 9.47 Å². The Kier molecular flexibility index (Phi) is 5.39. The molecule has 0 atom stereocenters. The molecule has 5 heterocycles. The van der Waals surface area contributed by atoms with E-state index in [2.05, 4.69) is 184 Å². The van der Waals surface area contributed by atoms with E-state index in [0.29, 0.717) is 0 Å². The van der Waals surface area contributed by atoms with Crippen molar-refractivity contribution in [3.63, 3.8) is 0 Å². The summed E-state index contributed by atoms with van der Waals surface area (Å²) in [5, 5.41) is 4.84. The summed E-state index contributed by atoms with van der Waals surface area (Å²) < 4.78 is 18.8. The second-order valence-corrected chi connectivity index (χ2v) is 14.4. The molecule has 0 N–H and O–H groups in total. The summed E-state index contributed by atoms with van der Waals surface area (Å²) in [7, 11) is 0. The number of fused-ring (bicyclic) bond motifs is 7. The van der Waals surface area contributed by atoms with Crippen molar-refractivity contribution in [3.05, 3.63) is 170 Å². The Morgan fingerprint density at radius 3 is 1.39 bits per heavy atom. The molecule has 0 spiro atoms. The Balaban J connectivity index is 1.12. The first kappa shape index (κ1) is 28.4. The molecule has 0 aliphatic carbocycles. The summed E-state index contributed by atoms with van der Waals surface area (Å²) in [6, 6.07) is 60.7. The lowest BCUT2D eigenvalue weighted by Gasteiger charge is -2.42. The molecule has 13 rings (SSSR count). The minimum absolute atomic E-state index is 0.0191. The maximum absolute atomic E-state index is 7.00. The first-order valence-corrected chi connectivity index (χ1v) is 18.5. The van der Waals surface area contributed by atoms with Gasteiger partial charge in [-0.05, 0) is 71.6 Å². The highest BCUT2D eigenvalue weighted by Gasteiger charge is 2.47. The van der Waals surface area contributed by atoms with Crippen LogP contribution in [0.3, 0.4) is 0 Å². The number of hydrogen-bond donors (Lipinski definition) is 0. The van der Waals surface area contributed by atoms with Crippen LogP contribution in [0.25, 0.3) is 55.0 Å². The smallest absolute Gasteiger partial charge is 0.266 e. The van der Waals surface area contributed by atoms with Gasteiger partial charge in [-0.1, -0.05) is 97.1 Å². The molecule has 0 fully saturated rings. The van der Waals surface area contributed by atoms with Gasteiger partial charge in [-0.3, -0.25) is 0 Å². The molecule has 10 aromatic rings. The van der Waals surface area contributed by atoms with Crippen LogP contribution in [0.4, 0.5) is 17.1 Å². The maximum atomic E-state index is 7.00. The van der Waals surface area contributed by atoms with Gasteiger partial charge < -0.3 is 23.5 Å². The van der Waals surface area contributed by atoms with E-state index in [-0.39, 0.29) is 6.71 Å². The largest absolute Gasteiger partial charge is 0.458 e. The zero-order valence-electron chi connectivity index (χ0n) is 28.9. The predicted molar refractivity (Wildman–Crippen MR) is 221 cm³/mol. The van der Waals surface area contributed by atoms with E-state index in [1.165, 1.54) is 43.5 Å². The van der Waals surface area contributed by atoms with Gasteiger partial charge in [0.05, 0.1) is 27.8 Å². The molecule has 2 aromatic heterocycles. The van der Waals surface area contributed by atoms with Crippen molar-refractivity contribution in [2.24, 2.45) is 0 Å². The van der Waals surface area contributed by atoms with E-state index in [1.54, 1.807) is 0 Å². The molecule has 250 valence electrons. The van der Waals surface area contributed by atoms with E-state index in [9.17, 15) is 0 Å². The molecule has 0 radical (unpaired) electrons. The summed E-state index contributed by atoms with van der Waals surface area (Å²) in [4.78, 5) is 2.35. The number of aromatic nitrogens is 2. The van der Waals surface area contributed by atoms with Crippen molar-refractivity contribution in [2.45, 2.75) is 0 Å². The Bertz CT molecular complexity index is 3160. The first-order chi connectivity index (χ1) is 26.8. The van der Waals surface area contributed by atoms with Crippen molar-refractivity contribution in [1.82, 2.24) is 9.13 Å². The zero-order chi connectivity index (χ0) is 35.1. The van der Waals surface area contributed by atoms with Crippen LogP contribution in [0, 0.1) is 0 Å². The molecule has 0 amide bonds. The normalized spacial score (nSPS) is 13.4. The Labute approximate surface area is 310 Å². The van der Waals surface area contributed by atoms with Crippen molar-refractivity contribution < 1.29 is 9.47 Å². The van der Waals surface area contributed by atoms with Gasteiger partial charge in [-0.2, -0.15) is 0 Å². The van der Waals surface area contributed by atoms with Gasteiger partial charge in [-0.15, -0.1) is 0 Å². The molecular weight excluding hydrogens is 661 g/mol. The fourth-order valence-corrected chi connectivity index (χ4v) is 9.65. The molecule has 0 bridgehead atoms. The minimum Gasteiger partial charge on any atom is -0.458 e. The SMILES string of the molecule is c1ccc(N2c3cccc4c3B3c5c(cc(-n6c7ccccc7c7ccc8c9ccccc9n(-c9ccccc9)c8c76)cc5Oc5cccc2c53)O4)cc1. The molecule has 5 nitrogen and oxygen atoms in total. The van der Waals surface area contributed by atoms with Crippen LogP contribution in [-0.4, -0.2) is 15.8 Å². The predicted octanol–water partition coefficient (Wildman–Crippen LogP) is 10.4. The van der Waals surface area contributed by atoms with Gasteiger partial charge in [0.2, 0.25) is 0 Å². The van der Waals surface area contributed by atoms with Crippen molar-refractivity contribution >= 4 is 83.8 Å². The lowest BCUT2D eigenvalue weighted by Crippen LogP contribution is -2.61. The highest BCUT2D eigenvalue weighted by Crippen LogP contribution is 2.47. The van der Waals surface area contributed by atoms with E-state index in [1.807, 2.05) is 0 Å². The molecule has 0 saturated heterocycles. The van der Waals surface area contributed by atoms with Crippen molar-refractivity contribution in [1.29, 1.82) is 0 Å². The Hall–Kier alpha value is -7.18. The Morgan fingerprint density at radius 2 is 0.833 bits per heavy atom. The van der Waals surface area contributed by atoms with Crippen LogP contribution in [0.1, 0.15) is 0 Å². The number of hydrogen-bond acceptors (Lipinski definition) is 3. The first-order valence-electron chi connectivity index (χ1n) is 18.5. The van der Waals surface area contributed by atoms with Gasteiger partial charge >= 0.3 is 0 Å². The fourth-order valence-electron chi connectivity index (χ4n) is 9.65. The lowest BCUT2D eigenvalue weighted by molar-refractivity contribution is 0.464. The summed E-state index contributed by atoms with van der Waals surface area (Å²) in [6.07, 6.45) is 0. The summed E-state index contributed by atoms with van der Waals surface area (Å²) in [5.41, 5.74) is 13.6.